The lowest BCUT2D eigenvalue weighted by molar-refractivity contribution is -0.130. The van der Waals surface area contributed by atoms with Gasteiger partial charge in [-0.1, -0.05) is 30.3 Å². The summed E-state index contributed by atoms with van der Waals surface area (Å²) in [5.41, 5.74) is 2.55. The number of amides is 3. The molecule has 51 heavy (non-hydrogen) atoms. The Morgan fingerprint density at radius 1 is 0.922 bits per heavy atom. The van der Waals surface area contributed by atoms with E-state index in [9.17, 15) is 23.6 Å². The van der Waals surface area contributed by atoms with E-state index in [1.54, 1.807) is 42.5 Å². The number of tetrazole rings is 1. The molecular formula is C37H42FN7O6. The van der Waals surface area contributed by atoms with Crippen LogP contribution >= 0.6 is 0 Å². The predicted octanol–water partition coefficient (Wildman–Crippen LogP) is 5.46. The number of H-pyrrole nitrogens is 1. The summed E-state index contributed by atoms with van der Waals surface area (Å²) in [6.45, 7) is 5.90. The van der Waals surface area contributed by atoms with E-state index in [1.165, 1.54) is 19.2 Å². The average molecular weight is 700 g/mol. The molecule has 1 atom stereocenters. The molecule has 5 rings (SSSR count). The third-order valence-electron chi connectivity index (χ3n) is 8.64. The summed E-state index contributed by atoms with van der Waals surface area (Å²) in [5, 5.41) is 22.6. The number of alkyl carbamates (subject to hydrolysis) is 1. The van der Waals surface area contributed by atoms with Crippen LogP contribution in [0.3, 0.4) is 0 Å². The smallest absolute Gasteiger partial charge is 0.407 e. The normalized spacial score (nSPS) is 16.4. The number of esters is 1. The highest BCUT2D eigenvalue weighted by Gasteiger charge is 2.30. The third-order valence-corrected chi connectivity index (χ3v) is 8.64. The number of carbonyl (C=O) groups excluding carboxylic acids is 4. The Morgan fingerprint density at radius 3 is 2.20 bits per heavy atom. The van der Waals surface area contributed by atoms with Gasteiger partial charge in [-0.05, 0) is 111 Å². The zero-order chi connectivity index (χ0) is 36.5. The van der Waals surface area contributed by atoms with Crippen LogP contribution in [-0.4, -0.2) is 69.8 Å². The molecular weight excluding hydrogens is 657 g/mol. The molecule has 1 heterocycles. The fraction of sp³-hybridized carbons (Fsp3) is 0.378. The Morgan fingerprint density at radius 2 is 1.59 bits per heavy atom. The maximum Gasteiger partial charge on any atom is 0.407 e. The minimum atomic E-state index is -0.899. The highest BCUT2D eigenvalue weighted by Crippen LogP contribution is 2.29. The number of rotatable bonds is 11. The van der Waals surface area contributed by atoms with E-state index >= 15 is 0 Å². The zero-order valence-corrected chi connectivity index (χ0v) is 29.0. The van der Waals surface area contributed by atoms with E-state index in [1.807, 2.05) is 32.9 Å². The summed E-state index contributed by atoms with van der Waals surface area (Å²) in [6.07, 6.45) is 2.48. The number of halogens is 1. The van der Waals surface area contributed by atoms with Crippen LogP contribution in [-0.2, 0) is 25.5 Å². The highest BCUT2D eigenvalue weighted by atomic mass is 19.1. The summed E-state index contributed by atoms with van der Waals surface area (Å²) in [5.74, 6) is -1.70. The van der Waals surface area contributed by atoms with Crippen LogP contribution in [0.15, 0.2) is 66.7 Å². The summed E-state index contributed by atoms with van der Waals surface area (Å²) >= 11 is 0. The van der Waals surface area contributed by atoms with Gasteiger partial charge in [-0.3, -0.25) is 9.59 Å². The SMILES string of the molecule is COC(=O)c1ccc(-c2ccc(C[C@H](NC(=O)[C@H]3CC[C@H](CNC(=O)OC(C)(C)C)CC3)C(=O)Nc3ccc(-c4nn[nH]n4)cc3)cc2)cc1F. The van der Waals surface area contributed by atoms with Crippen molar-refractivity contribution in [3.63, 3.8) is 0 Å². The fourth-order valence-electron chi connectivity index (χ4n) is 5.92. The van der Waals surface area contributed by atoms with E-state index in [4.69, 9.17) is 4.74 Å². The van der Waals surface area contributed by atoms with Gasteiger partial charge in [-0.15, -0.1) is 10.2 Å². The summed E-state index contributed by atoms with van der Waals surface area (Å²) < 4.78 is 24.5. The number of methoxy groups -OCH3 is 1. The molecule has 13 nitrogen and oxygen atoms in total. The van der Waals surface area contributed by atoms with Crippen LogP contribution in [0.25, 0.3) is 22.5 Å². The van der Waals surface area contributed by atoms with Gasteiger partial charge < -0.3 is 25.4 Å². The molecule has 0 radical (unpaired) electrons. The molecule has 4 N–H and O–H groups in total. The number of aromatic amines is 1. The number of hydrogen-bond donors (Lipinski definition) is 4. The monoisotopic (exact) mass is 699 g/mol. The van der Waals surface area contributed by atoms with E-state index in [2.05, 4.69) is 41.3 Å². The van der Waals surface area contributed by atoms with Crippen LogP contribution in [0.2, 0.25) is 0 Å². The molecule has 1 aromatic heterocycles. The Labute approximate surface area is 295 Å². The van der Waals surface area contributed by atoms with Gasteiger partial charge in [0.25, 0.3) is 0 Å². The molecule has 0 spiro atoms. The molecule has 1 saturated carbocycles. The topological polar surface area (TPSA) is 177 Å². The Kier molecular flexibility index (Phi) is 11.7. The summed E-state index contributed by atoms with van der Waals surface area (Å²) in [4.78, 5) is 51.1. The van der Waals surface area contributed by atoms with Crippen molar-refractivity contribution < 1.29 is 33.0 Å². The van der Waals surface area contributed by atoms with Crippen molar-refractivity contribution in [3.05, 3.63) is 83.7 Å². The highest BCUT2D eigenvalue weighted by molar-refractivity contribution is 5.98. The van der Waals surface area contributed by atoms with Crippen molar-refractivity contribution in [2.75, 3.05) is 19.0 Å². The standard InChI is InChI=1S/C37H42FN7O6/c1-37(2,3)51-36(49)39-21-23-7-11-26(12-8-23)33(46)41-31(34(47)40-28-16-13-25(14-17-28)32-42-44-45-43-32)19-22-5-9-24(10-6-22)27-15-18-29(30(38)20-27)35(48)50-4/h5-6,9-10,13-18,20,23,26,31H,7-8,11-12,19,21H2,1-4H3,(H,39,49)(H,40,47)(H,41,46)(H,42,43,44,45)/t23-,26-,31-/m0/s1. The van der Waals surface area contributed by atoms with E-state index < -0.39 is 35.4 Å². The lowest BCUT2D eigenvalue weighted by atomic mass is 9.81. The average Bonchev–Trinajstić information content (AvgIpc) is 3.65. The fourth-order valence-corrected chi connectivity index (χ4v) is 5.92. The Bertz CT molecular complexity index is 1820. The minimum absolute atomic E-state index is 0.155. The van der Waals surface area contributed by atoms with Crippen molar-refractivity contribution in [3.8, 4) is 22.5 Å². The van der Waals surface area contributed by atoms with Crippen LogP contribution in [0, 0.1) is 17.7 Å². The first kappa shape index (κ1) is 36.6. The largest absolute Gasteiger partial charge is 0.465 e. The van der Waals surface area contributed by atoms with Gasteiger partial charge in [-0.2, -0.15) is 5.21 Å². The molecule has 4 aromatic rings. The molecule has 1 aliphatic carbocycles. The Hall–Kier alpha value is -5.66. The quantitative estimate of drug-likeness (QED) is 0.148. The van der Waals surface area contributed by atoms with Crippen LogP contribution in [0.4, 0.5) is 14.9 Å². The zero-order valence-electron chi connectivity index (χ0n) is 29.0. The lowest BCUT2D eigenvalue weighted by Crippen LogP contribution is -2.48. The van der Waals surface area contributed by atoms with Gasteiger partial charge in [0.15, 0.2) is 0 Å². The first-order valence-corrected chi connectivity index (χ1v) is 16.8. The van der Waals surface area contributed by atoms with Gasteiger partial charge in [0.05, 0.1) is 12.7 Å². The maximum atomic E-state index is 14.6. The van der Waals surface area contributed by atoms with Crippen molar-refractivity contribution >= 4 is 29.6 Å². The number of hydrogen-bond acceptors (Lipinski definition) is 9. The maximum absolute atomic E-state index is 14.6. The third kappa shape index (κ3) is 10.2. The molecule has 1 aliphatic rings. The number of nitrogens with zero attached hydrogens (tertiary/aromatic N) is 3. The molecule has 14 heteroatoms. The number of anilines is 1. The second-order valence-electron chi connectivity index (χ2n) is 13.6. The van der Waals surface area contributed by atoms with Gasteiger partial charge in [0.1, 0.15) is 17.5 Å². The van der Waals surface area contributed by atoms with E-state index in [0.29, 0.717) is 47.6 Å². The molecule has 1 fully saturated rings. The molecule has 268 valence electrons. The number of carbonyl (C=O) groups is 4. The molecule has 0 unspecified atom stereocenters. The number of nitrogens with one attached hydrogen (secondary N) is 4. The van der Waals surface area contributed by atoms with Gasteiger partial charge in [-0.25, -0.2) is 14.0 Å². The molecule has 3 amide bonds. The van der Waals surface area contributed by atoms with E-state index in [-0.39, 0.29) is 29.7 Å². The van der Waals surface area contributed by atoms with E-state index in [0.717, 1.165) is 18.4 Å². The predicted molar refractivity (Wildman–Crippen MR) is 187 cm³/mol. The van der Waals surface area contributed by atoms with Crippen LogP contribution < -0.4 is 16.0 Å². The summed E-state index contributed by atoms with van der Waals surface area (Å²) in [7, 11) is 1.19. The summed E-state index contributed by atoms with van der Waals surface area (Å²) in [6, 6.07) is 17.5. The number of benzene rings is 3. The Balaban J connectivity index is 1.25. The molecule has 3 aromatic carbocycles. The van der Waals surface area contributed by atoms with Gasteiger partial charge >= 0.3 is 12.1 Å². The second-order valence-corrected chi connectivity index (χ2v) is 13.6. The molecule has 0 bridgehead atoms. The molecule has 0 aliphatic heterocycles. The molecule has 0 saturated heterocycles. The minimum Gasteiger partial charge on any atom is -0.465 e. The van der Waals surface area contributed by atoms with Gasteiger partial charge in [0, 0.05) is 30.1 Å². The number of aromatic nitrogens is 4. The van der Waals surface area contributed by atoms with Crippen LogP contribution in [0.1, 0.15) is 62.4 Å². The van der Waals surface area contributed by atoms with Crippen molar-refractivity contribution in [1.82, 2.24) is 31.3 Å². The first-order chi connectivity index (χ1) is 24.4. The van der Waals surface area contributed by atoms with Crippen molar-refractivity contribution in [2.24, 2.45) is 11.8 Å². The number of ether oxygens (including phenoxy) is 2. The van der Waals surface area contributed by atoms with Gasteiger partial charge in [0.2, 0.25) is 17.6 Å². The van der Waals surface area contributed by atoms with Crippen molar-refractivity contribution in [2.45, 2.75) is 64.5 Å². The lowest BCUT2D eigenvalue weighted by Gasteiger charge is -2.29. The van der Waals surface area contributed by atoms with Crippen LogP contribution in [0.5, 0.6) is 0 Å². The first-order valence-electron chi connectivity index (χ1n) is 16.8. The van der Waals surface area contributed by atoms with Crippen molar-refractivity contribution in [1.29, 1.82) is 0 Å². The second kappa shape index (κ2) is 16.4.